The van der Waals surface area contributed by atoms with E-state index in [1.165, 1.54) is 6.42 Å². The molecule has 1 aliphatic heterocycles. The second-order valence-corrected chi connectivity index (χ2v) is 4.79. The summed E-state index contributed by atoms with van der Waals surface area (Å²) in [5.41, 5.74) is 0. The van der Waals surface area contributed by atoms with Crippen molar-refractivity contribution in [2.45, 2.75) is 59.1 Å². The Kier molecular flexibility index (Phi) is 4.43. The van der Waals surface area contributed by atoms with Crippen LogP contribution in [0.15, 0.2) is 0 Å². The molecule has 0 aromatic heterocycles. The fourth-order valence-electron chi connectivity index (χ4n) is 2.04. The smallest absolute Gasteiger partial charge is 0.410 e. The van der Waals surface area contributed by atoms with Gasteiger partial charge in [0.05, 0.1) is 6.10 Å². The van der Waals surface area contributed by atoms with Crippen LogP contribution in [0.3, 0.4) is 0 Å². The molecule has 3 nitrogen and oxygen atoms in total. The lowest BCUT2D eigenvalue weighted by molar-refractivity contribution is 0.0448. The number of amides is 1. The molecule has 2 atom stereocenters. The number of rotatable bonds is 2. The molecule has 0 saturated carbocycles. The van der Waals surface area contributed by atoms with E-state index in [2.05, 4.69) is 13.8 Å². The Morgan fingerprint density at radius 2 is 2.13 bits per heavy atom. The molecule has 0 aromatic carbocycles. The van der Waals surface area contributed by atoms with Crippen LogP contribution in [-0.4, -0.2) is 29.7 Å². The number of ether oxygens (including phenoxy) is 1. The fourth-order valence-corrected chi connectivity index (χ4v) is 2.04. The number of carbonyl (C=O) groups excluding carboxylic acids is 1. The Morgan fingerprint density at radius 1 is 1.47 bits per heavy atom. The highest BCUT2D eigenvalue weighted by Gasteiger charge is 2.29. The lowest BCUT2D eigenvalue weighted by atomic mass is 9.92. The Labute approximate surface area is 92.8 Å². The Bertz CT molecular complexity index is 216. The average Bonchev–Trinajstić information content (AvgIpc) is 2.17. The zero-order valence-corrected chi connectivity index (χ0v) is 10.3. The number of hydrogen-bond donors (Lipinski definition) is 0. The van der Waals surface area contributed by atoms with Crippen molar-refractivity contribution in [3.05, 3.63) is 0 Å². The first-order valence-corrected chi connectivity index (χ1v) is 6.01. The van der Waals surface area contributed by atoms with Gasteiger partial charge in [-0.25, -0.2) is 4.79 Å². The third kappa shape index (κ3) is 3.40. The van der Waals surface area contributed by atoms with Gasteiger partial charge < -0.3 is 9.64 Å². The maximum absolute atomic E-state index is 11.8. The van der Waals surface area contributed by atoms with Crippen molar-refractivity contribution in [3.8, 4) is 0 Å². The topological polar surface area (TPSA) is 29.5 Å². The van der Waals surface area contributed by atoms with Crippen molar-refractivity contribution >= 4 is 6.09 Å². The van der Waals surface area contributed by atoms with Crippen molar-refractivity contribution in [1.82, 2.24) is 4.90 Å². The summed E-state index contributed by atoms with van der Waals surface area (Å²) in [6, 6.07) is 0.332. The number of nitrogens with zero attached hydrogens (tertiary/aromatic N) is 1. The van der Waals surface area contributed by atoms with E-state index < -0.39 is 0 Å². The SMILES string of the molecule is CC[C@@H]1CC[C@@H](C)N(C(=O)OC(C)C)C1. The van der Waals surface area contributed by atoms with E-state index in [0.29, 0.717) is 12.0 Å². The van der Waals surface area contributed by atoms with Gasteiger partial charge in [-0.2, -0.15) is 0 Å². The third-order valence-electron chi connectivity index (χ3n) is 3.13. The molecule has 0 spiro atoms. The molecule has 0 bridgehead atoms. The molecule has 1 heterocycles. The lowest BCUT2D eigenvalue weighted by Gasteiger charge is -2.37. The van der Waals surface area contributed by atoms with Gasteiger partial charge in [0.25, 0.3) is 0 Å². The van der Waals surface area contributed by atoms with E-state index >= 15 is 0 Å². The van der Waals surface area contributed by atoms with Crippen LogP contribution < -0.4 is 0 Å². The minimum atomic E-state index is -0.143. The van der Waals surface area contributed by atoms with E-state index in [1.54, 1.807) is 0 Å². The molecule has 0 radical (unpaired) electrons. The molecule has 1 aliphatic rings. The second-order valence-electron chi connectivity index (χ2n) is 4.79. The second kappa shape index (κ2) is 5.38. The standard InChI is InChI=1S/C12H23NO2/c1-5-11-7-6-10(4)13(8-11)12(14)15-9(2)3/h9-11H,5-8H2,1-4H3/t10-,11-/m1/s1. The molecular formula is C12H23NO2. The highest BCUT2D eigenvalue weighted by molar-refractivity contribution is 5.68. The fraction of sp³-hybridized carbons (Fsp3) is 0.917. The van der Waals surface area contributed by atoms with E-state index in [4.69, 9.17) is 4.74 Å². The summed E-state index contributed by atoms with van der Waals surface area (Å²) in [6.07, 6.45) is 3.33. The Balaban J connectivity index is 2.53. The highest BCUT2D eigenvalue weighted by atomic mass is 16.6. The van der Waals surface area contributed by atoms with E-state index in [-0.39, 0.29) is 12.2 Å². The summed E-state index contributed by atoms with van der Waals surface area (Å²) >= 11 is 0. The van der Waals surface area contributed by atoms with Crippen molar-refractivity contribution in [3.63, 3.8) is 0 Å². The minimum Gasteiger partial charge on any atom is -0.447 e. The van der Waals surface area contributed by atoms with Gasteiger partial charge in [0.1, 0.15) is 0 Å². The van der Waals surface area contributed by atoms with Crippen LogP contribution in [0, 0.1) is 5.92 Å². The third-order valence-corrected chi connectivity index (χ3v) is 3.13. The molecule has 0 unspecified atom stereocenters. The summed E-state index contributed by atoms with van der Waals surface area (Å²) in [5.74, 6) is 0.654. The summed E-state index contributed by atoms with van der Waals surface area (Å²) in [7, 11) is 0. The quantitative estimate of drug-likeness (QED) is 0.705. The first-order chi connectivity index (χ1) is 7.04. The predicted octanol–water partition coefficient (Wildman–Crippen LogP) is 3.04. The maximum atomic E-state index is 11.8. The highest BCUT2D eigenvalue weighted by Crippen LogP contribution is 2.24. The maximum Gasteiger partial charge on any atom is 0.410 e. The zero-order valence-electron chi connectivity index (χ0n) is 10.3. The van der Waals surface area contributed by atoms with E-state index in [9.17, 15) is 4.79 Å². The normalized spacial score (nSPS) is 26.9. The van der Waals surface area contributed by atoms with Crippen LogP contribution in [0.1, 0.15) is 47.0 Å². The Morgan fingerprint density at radius 3 is 2.67 bits per heavy atom. The Hall–Kier alpha value is -0.730. The van der Waals surface area contributed by atoms with Crippen LogP contribution >= 0.6 is 0 Å². The van der Waals surface area contributed by atoms with Gasteiger partial charge in [0, 0.05) is 12.6 Å². The summed E-state index contributed by atoms with van der Waals surface area (Å²) in [6.45, 7) is 8.94. The lowest BCUT2D eigenvalue weighted by Crippen LogP contribution is -2.46. The van der Waals surface area contributed by atoms with Crippen LogP contribution in [-0.2, 0) is 4.74 Å². The van der Waals surface area contributed by atoms with E-state index in [1.807, 2.05) is 18.7 Å². The molecular weight excluding hydrogens is 190 g/mol. The van der Waals surface area contributed by atoms with Crippen molar-refractivity contribution < 1.29 is 9.53 Å². The van der Waals surface area contributed by atoms with Crippen LogP contribution in [0.2, 0.25) is 0 Å². The molecule has 15 heavy (non-hydrogen) atoms. The number of likely N-dealkylation sites (tertiary alicyclic amines) is 1. The van der Waals surface area contributed by atoms with Gasteiger partial charge in [-0.05, 0) is 39.5 Å². The van der Waals surface area contributed by atoms with Crippen molar-refractivity contribution in [2.75, 3.05) is 6.54 Å². The number of carbonyl (C=O) groups is 1. The van der Waals surface area contributed by atoms with Crippen molar-refractivity contribution in [2.24, 2.45) is 5.92 Å². The molecule has 0 aromatic rings. The monoisotopic (exact) mass is 213 g/mol. The molecule has 0 N–H and O–H groups in total. The van der Waals surface area contributed by atoms with Crippen LogP contribution in [0.25, 0.3) is 0 Å². The number of hydrogen-bond acceptors (Lipinski definition) is 2. The average molecular weight is 213 g/mol. The molecule has 88 valence electrons. The number of piperidine rings is 1. The van der Waals surface area contributed by atoms with Gasteiger partial charge in [-0.3, -0.25) is 0 Å². The zero-order chi connectivity index (χ0) is 11.4. The minimum absolute atomic E-state index is 0.0216. The molecule has 1 rings (SSSR count). The van der Waals surface area contributed by atoms with Gasteiger partial charge >= 0.3 is 6.09 Å². The predicted molar refractivity (Wildman–Crippen MR) is 60.8 cm³/mol. The molecule has 1 fully saturated rings. The van der Waals surface area contributed by atoms with Crippen LogP contribution in [0.5, 0.6) is 0 Å². The van der Waals surface area contributed by atoms with Gasteiger partial charge in [0.15, 0.2) is 0 Å². The van der Waals surface area contributed by atoms with Crippen LogP contribution in [0.4, 0.5) is 4.79 Å². The van der Waals surface area contributed by atoms with Gasteiger partial charge in [0.2, 0.25) is 0 Å². The summed E-state index contributed by atoms with van der Waals surface area (Å²) in [4.78, 5) is 13.7. The van der Waals surface area contributed by atoms with Gasteiger partial charge in [-0.1, -0.05) is 13.3 Å². The molecule has 1 saturated heterocycles. The largest absolute Gasteiger partial charge is 0.447 e. The van der Waals surface area contributed by atoms with Crippen molar-refractivity contribution in [1.29, 1.82) is 0 Å². The molecule has 3 heteroatoms. The summed E-state index contributed by atoms with van der Waals surface area (Å²) in [5, 5.41) is 0. The molecule has 0 aliphatic carbocycles. The first-order valence-electron chi connectivity index (χ1n) is 6.01. The summed E-state index contributed by atoms with van der Waals surface area (Å²) < 4.78 is 5.24. The molecule has 1 amide bonds. The van der Waals surface area contributed by atoms with E-state index in [0.717, 1.165) is 19.4 Å². The van der Waals surface area contributed by atoms with Gasteiger partial charge in [-0.15, -0.1) is 0 Å². The first kappa shape index (κ1) is 12.3.